The van der Waals surface area contributed by atoms with E-state index in [-0.39, 0.29) is 0 Å². The van der Waals surface area contributed by atoms with Crippen LogP contribution in [-0.2, 0) is 4.74 Å². The SMILES string of the molecule is N#Cc1c(N2CCOCC2)sc(-c2nc[nH]n2)c1-c1ccc(NC(=O)N/N=C/c2ccc[nH]2)cc1. The maximum atomic E-state index is 12.2. The van der Waals surface area contributed by atoms with E-state index in [2.05, 4.69) is 47.0 Å². The second kappa shape index (κ2) is 10.2. The molecule has 0 spiro atoms. The lowest BCUT2D eigenvalue weighted by molar-refractivity contribution is 0.123. The van der Waals surface area contributed by atoms with E-state index >= 15 is 0 Å². The first-order chi connectivity index (χ1) is 17.2. The van der Waals surface area contributed by atoms with Gasteiger partial charge in [0.25, 0.3) is 0 Å². The summed E-state index contributed by atoms with van der Waals surface area (Å²) in [7, 11) is 0. The number of nitriles is 1. The topological polar surface area (TPSA) is 147 Å². The molecule has 1 fully saturated rings. The number of morpholine rings is 1. The highest BCUT2D eigenvalue weighted by Gasteiger charge is 2.26. The van der Waals surface area contributed by atoms with Crippen molar-refractivity contribution in [3.05, 3.63) is 60.2 Å². The average molecular weight is 488 g/mol. The number of hydrogen-bond acceptors (Lipinski definition) is 8. The summed E-state index contributed by atoms with van der Waals surface area (Å²) in [5.74, 6) is 0.530. The van der Waals surface area contributed by atoms with Crippen LogP contribution in [0.1, 0.15) is 11.3 Å². The molecule has 1 aliphatic rings. The van der Waals surface area contributed by atoms with Gasteiger partial charge in [-0.3, -0.25) is 5.10 Å². The van der Waals surface area contributed by atoms with Gasteiger partial charge in [0, 0.05) is 30.5 Å². The highest BCUT2D eigenvalue weighted by molar-refractivity contribution is 7.20. The zero-order chi connectivity index (χ0) is 24.0. The maximum absolute atomic E-state index is 12.2. The van der Waals surface area contributed by atoms with Gasteiger partial charge in [-0.05, 0) is 29.8 Å². The van der Waals surface area contributed by atoms with Gasteiger partial charge in [-0.25, -0.2) is 15.2 Å². The van der Waals surface area contributed by atoms with Crippen molar-refractivity contribution in [2.45, 2.75) is 0 Å². The van der Waals surface area contributed by atoms with Gasteiger partial charge in [0.05, 0.1) is 35.6 Å². The maximum Gasteiger partial charge on any atom is 0.339 e. The number of benzene rings is 1. The predicted octanol–water partition coefficient (Wildman–Crippen LogP) is 3.39. The van der Waals surface area contributed by atoms with Gasteiger partial charge in [0.15, 0.2) is 5.82 Å². The summed E-state index contributed by atoms with van der Waals surface area (Å²) in [6.07, 6.45) is 4.80. The summed E-state index contributed by atoms with van der Waals surface area (Å²) in [5.41, 5.74) is 5.96. The van der Waals surface area contributed by atoms with Crippen molar-refractivity contribution in [1.29, 1.82) is 5.26 Å². The molecule has 35 heavy (non-hydrogen) atoms. The molecular formula is C23H21N9O2S. The van der Waals surface area contributed by atoms with Crippen molar-refractivity contribution in [2.24, 2.45) is 5.10 Å². The molecule has 1 aromatic carbocycles. The first-order valence-electron chi connectivity index (χ1n) is 10.8. The number of carbonyl (C=O) groups is 1. The van der Waals surface area contributed by atoms with Gasteiger partial charge in [-0.15, -0.1) is 11.3 Å². The quantitative estimate of drug-likeness (QED) is 0.242. The fraction of sp³-hybridized carbons (Fsp3) is 0.174. The number of amides is 2. The summed E-state index contributed by atoms with van der Waals surface area (Å²) in [4.78, 5) is 22.4. The first-order valence-corrected chi connectivity index (χ1v) is 11.6. The second-order valence-corrected chi connectivity index (χ2v) is 8.55. The Hall–Kier alpha value is -4.47. The van der Waals surface area contributed by atoms with Gasteiger partial charge in [0.1, 0.15) is 17.4 Å². The Morgan fingerprint density at radius 2 is 2.09 bits per heavy atom. The Kier molecular flexibility index (Phi) is 6.51. The molecule has 12 heteroatoms. The number of hydrazone groups is 1. The molecule has 2 amide bonds. The smallest absolute Gasteiger partial charge is 0.339 e. The molecule has 5 rings (SSSR count). The molecule has 0 bridgehead atoms. The Morgan fingerprint density at radius 1 is 1.26 bits per heavy atom. The van der Waals surface area contributed by atoms with E-state index in [1.165, 1.54) is 23.9 Å². The Bertz CT molecular complexity index is 1350. The summed E-state index contributed by atoms with van der Waals surface area (Å²) >= 11 is 1.50. The molecule has 3 aromatic heterocycles. The molecule has 176 valence electrons. The fourth-order valence-corrected chi connectivity index (χ4v) is 4.99. The van der Waals surface area contributed by atoms with E-state index in [1.807, 2.05) is 24.3 Å². The van der Waals surface area contributed by atoms with E-state index in [1.54, 1.807) is 18.3 Å². The Morgan fingerprint density at radius 3 is 2.77 bits per heavy atom. The molecule has 4 aromatic rings. The van der Waals surface area contributed by atoms with Crippen molar-refractivity contribution < 1.29 is 9.53 Å². The minimum Gasteiger partial charge on any atom is -0.378 e. The van der Waals surface area contributed by atoms with Gasteiger partial charge < -0.3 is 19.9 Å². The molecule has 0 radical (unpaired) electrons. The van der Waals surface area contributed by atoms with Crippen LogP contribution in [-0.4, -0.2) is 58.7 Å². The summed E-state index contributed by atoms with van der Waals surface area (Å²) in [6, 6.07) is 12.9. The molecule has 1 saturated heterocycles. The number of carbonyl (C=O) groups excluding carboxylic acids is 1. The number of rotatable bonds is 6. The molecule has 4 N–H and O–H groups in total. The molecule has 0 saturated carbocycles. The van der Waals surface area contributed by atoms with E-state index in [0.717, 1.165) is 26.7 Å². The molecule has 11 nitrogen and oxygen atoms in total. The number of anilines is 2. The van der Waals surface area contributed by atoms with Crippen molar-refractivity contribution in [3.63, 3.8) is 0 Å². The minimum atomic E-state index is -0.468. The molecule has 0 aliphatic carbocycles. The van der Waals surface area contributed by atoms with Crippen LogP contribution in [0.15, 0.2) is 54.0 Å². The Balaban J connectivity index is 1.39. The lowest BCUT2D eigenvalue weighted by Crippen LogP contribution is -2.36. The van der Waals surface area contributed by atoms with Gasteiger partial charge in [0.2, 0.25) is 0 Å². The number of nitrogens with zero attached hydrogens (tertiary/aromatic N) is 5. The minimum absolute atomic E-state index is 0.468. The standard InChI is InChI=1S/C23H21N9O2S/c24-12-18-19(20(21-26-14-28-30-21)35-22(18)32-8-10-34-11-9-32)15-3-5-16(6-4-15)29-23(33)31-27-13-17-2-1-7-25-17/h1-7,13-14,25H,8-11H2,(H,26,28,30)(H2,29,31,33)/b27-13+. The van der Waals surface area contributed by atoms with Crippen LogP contribution >= 0.6 is 11.3 Å². The third kappa shape index (κ3) is 4.91. The van der Waals surface area contributed by atoms with Crippen molar-refractivity contribution in [2.75, 3.05) is 36.5 Å². The third-order valence-electron chi connectivity index (χ3n) is 5.34. The molecule has 4 heterocycles. The van der Waals surface area contributed by atoms with Crippen molar-refractivity contribution >= 4 is 34.3 Å². The highest BCUT2D eigenvalue weighted by Crippen LogP contribution is 2.46. The number of aromatic nitrogens is 4. The van der Waals surface area contributed by atoms with Crippen LogP contribution in [0.5, 0.6) is 0 Å². The summed E-state index contributed by atoms with van der Waals surface area (Å²) < 4.78 is 5.48. The van der Waals surface area contributed by atoms with Crippen LogP contribution in [0.2, 0.25) is 0 Å². The van der Waals surface area contributed by atoms with Gasteiger partial charge in [-0.2, -0.15) is 15.5 Å². The Labute approximate surface area is 204 Å². The predicted molar refractivity (Wildman–Crippen MR) is 133 cm³/mol. The van der Waals surface area contributed by atoms with Crippen molar-refractivity contribution in [1.82, 2.24) is 25.6 Å². The summed E-state index contributed by atoms with van der Waals surface area (Å²) in [5, 5.41) is 24.6. The van der Waals surface area contributed by atoms with E-state index in [9.17, 15) is 10.1 Å². The second-order valence-electron chi connectivity index (χ2n) is 7.55. The van der Waals surface area contributed by atoms with E-state index < -0.39 is 6.03 Å². The van der Waals surface area contributed by atoms with E-state index in [0.29, 0.717) is 43.4 Å². The van der Waals surface area contributed by atoms with Crippen LogP contribution in [0.4, 0.5) is 15.5 Å². The first kappa shape index (κ1) is 22.3. The van der Waals surface area contributed by atoms with Crippen LogP contribution < -0.4 is 15.6 Å². The van der Waals surface area contributed by atoms with E-state index in [4.69, 9.17) is 4.74 Å². The summed E-state index contributed by atoms with van der Waals surface area (Å²) in [6.45, 7) is 2.66. The number of hydrogen-bond donors (Lipinski definition) is 4. The molecule has 1 aliphatic heterocycles. The molecule has 0 atom stereocenters. The van der Waals surface area contributed by atoms with Gasteiger partial charge >= 0.3 is 6.03 Å². The fourth-order valence-electron chi connectivity index (χ4n) is 3.73. The number of ether oxygens (including phenoxy) is 1. The van der Waals surface area contributed by atoms with Crippen LogP contribution in [0.3, 0.4) is 0 Å². The number of thiophene rings is 1. The average Bonchev–Trinajstić information content (AvgIpc) is 3.66. The number of aromatic amines is 2. The molecular weight excluding hydrogens is 466 g/mol. The van der Waals surface area contributed by atoms with Gasteiger partial charge in [-0.1, -0.05) is 12.1 Å². The largest absolute Gasteiger partial charge is 0.378 e. The lowest BCUT2D eigenvalue weighted by Gasteiger charge is -2.27. The lowest BCUT2D eigenvalue weighted by atomic mass is 10.0. The van der Waals surface area contributed by atoms with Crippen LogP contribution in [0, 0.1) is 11.3 Å². The normalized spacial score (nSPS) is 13.6. The monoisotopic (exact) mass is 487 g/mol. The zero-order valence-electron chi connectivity index (χ0n) is 18.5. The van der Waals surface area contributed by atoms with Crippen molar-refractivity contribution in [3.8, 4) is 27.9 Å². The van der Waals surface area contributed by atoms with Crippen LogP contribution in [0.25, 0.3) is 21.8 Å². The number of urea groups is 1. The molecule has 0 unspecified atom stereocenters. The number of H-pyrrole nitrogens is 2. The zero-order valence-corrected chi connectivity index (χ0v) is 19.3. The number of nitrogens with one attached hydrogen (secondary N) is 4. The highest BCUT2D eigenvalue weighted by atomic mass is 32.1. The third-order valence-corrected chi connectivity index (χ3v) is 6.59.